The number of carbonyl (C=O) groups is 1. The van der Waals surface area contributed by atoms with Gasteiger partial charge in [-0.15, -0.1) is 11.8 Å². The van der Waals surface area contributed by atoms with Gasteiger partial charge in [0.2, 0.25) is 0 Å². The van der Waals surface area contributed by atoms with Crippen LogP contribution in [0.25, 0.3) is 0 Å². The number of pyridine rings is 1. The Bertz CT molecular complexity index is 587. The molecule has 0 spiro atoms. The zero-order valence-electron chi connectivity index (χ0n) is 10.5. The van der Waals surface area contributed by atoms with Crippen molar-refractivity contribution in [2.45, 2.75) is 11.4 Å². The first-order valence-electron chi connectivity index (χ1n) is 5.77. The lowest BCUT2D eigenvalue weighted by Gasteiger charge is -2.10. The van der Waals surface area contributed by atoms with Gasteiger partial charge < -0.3 is 10.4 Å². The highest BCUT2D eigenvalue weighted by Gasteiger charge is 2.05. The molecule has 0 fully saturated rings. The van der Waals surface area contributed by atoms with Crippen LogP contribution in [0.5, 0.6) is 0 Å². The maximum atomic E-state index is 10.8. The molecule has 0 bridgehead atoms. The minimum absolute atomic E-state index is 0.0671. The third-order valence-electron chi connectivity index (χ3n) is 2.59. The van der Waals surface area contributed by atoms with Crippen LogP contribution in [0, 0.1) is 0 Å². The van der Waals surface area contributed by atoms with E-state index in [0.717, 1.165) is 10.6 Å². The van der Waals surface area contributed by atoms with Gasteiger partial charge in [-0.1, -0.05) is 18.2 Å². The van der Waals surface area contributed by atoms with Gasteiger partial charge in [0.1, 0.15) is 5.69 Å². The lowest BCUT2D eigenvalue weighted by molar-refractivity contribution is 0.0690. The van der Waals surface area contributed by atoms with Crippen molar-refractivity contribution < 1.29 is 9.90 Å². The van der Waals surface area contributed by atoms with Gasteiger partial charge in [-0.3, -0.25) is 0 Å². The quantitative estimate of drug-likeness (QED) is 0.820. The Kier molecular flexibility index (Phi) is 4.41. The van der Waals surface area contributed by atoms with Crippen LogP contribution in [-0.4, -0.2) is 22.3 Å². The molecule has 0 atom stereocenters. The third-order valence-corrected chi connectivity index (χ3v) is 3.39. The number of aromatic nitrogens is 1. The van der Waals surface area contributed by atoms with E-state index in [1.54, 1.807) is 23.9 Å². The normalized spacial score (nSPS) is 10.2. The van der Waals surface area contributed by atoms with Crippen LogP contribution in [-0.2, 0) is 6.54 Å². The van der Waals surface area contributed by atoms with E-state index in [-0.39, 0.29) is 5.69 Å². The van der Waals surface area contributed by atoms with E-state index in [2.05, 4.69) is 10.3 Å². The maximum absolute atomic E-state index is 10.8. The second-order valence-electron chi connectivity index (χ2n) is 3.87. The minimum Gasteiger partial charge on any atom is -0.477 e. The molecule has 1 aromatic heterocycles. The molecule has 4 nitrogen and oxygen atoms in total. The summed E-state index contributed by atoms with van der Waals surface area (Å²) in [5.41, 5.74) is 1.80. The van der Waals surface area contributed by atoms with Crippen molar-refractivity contribution in [1.82, 2.24) is 4.98 Å². The summed E-state index contributed by atoms with van der Waals surface area (Å²) in [5.74, 6) is -1.01. The van der Waals surface area contributed by atoms with E-state index >= 15 is 0 Å². The van der Waals surface area contributed by atoms with Crippen LogP contribution in [0.15, 0.2) is 47.4 Å². The van der Waals surface area contributed by atoms with Crippen LogP contribution in [0.3, 0.4) is 0 Å². The van der Waals surface area contributed by atoms with Crippen molar-refractivity contribution in [2.75, 3.05) is 11.6 Å². The fraction of sp³-hybridized carbons (Fsp3) is 0.143. The molecule has 0 saturated heterocycles. The third kappa shape index (κ3) is 3.48. The van der Waals surface area contributed by atoms with E-state index in [4.69, 9.17) is 5.11 Å². The number of carboxylic acids is 1. The van der Waals surface area contributed by atoms with Crippen molar-refractivity contribution in [3.8, 4) is 0 Å². The molecule has 2 rings (SSSR count). The predicted molar refractivity (Wildman–Crippen MR) is 76.7 cm³/mol. The zero-order chi connectivity index (χ0) is 13.7. The van der Waals surface area contributed by atoms with Crippen LogP contribution < -0.4 is 5.32 Å². The highest BCUT2D eigenvalue weighted by Crippen LogP contribution is 2.24. The first kappa shape index (κ1) is 13.4. The van der Waals surface area contributed by atoms with Crippen molar-refractivity contribution in [3.05, 3.63) is 53.9 Å². The molecule has 5 heteroatoms. The van der Waals surface area contributed by atoms with Gasteiger partial charge in [-0.2, -0.15) is 0 Å². The van der Waals surface area contributed by atoms with Crippen LogP contribution in [0.2, 0.25) is 0 Å². The summed E-state index contributed by atoms with van der Waals surface area (Å²) < 4.78 is 0. The number of carboxylic acid groups (broad SMARTS) is 1. The molecule has 2 aromatic rings. The molecule has 0 aliphatic rings. The Labute approximate surface area is 115 Å². The number of nitrogens with one attached hydrogen (secondary N) is 1. The summed E-state index contributed by atoms with van der Waals surface area (Å²) in [5, 5.41) is 12.2. The molecule has 19 heavy (non-hydrogen) atoms. The average Bonchev–Trinajstić information content (AvgIpc) is 2.45. The number of aromatic carboxylic acids is 1. The molecule has 0 radical (unpaired) electrons. The largest absolute Gasteiger partial charge is 0.477 e. The van der Waals surface area contributed by atoms with Gasteiger partial charge in [-0.05, 0) is 30.5 Å². The standard InChI is InChI=1S/C14H14N2O2S/c1-19-13-8-3-2-6-11(13)15-9-10-5-4-7-12(16-10)14(17)18/h2-8,15H,9H2,1H3,(H,17,18). The Hall–Kier alpha value is -2.01. The van der Waals surface area contributed by atoms with E-state index < -0.39 is 5.97 Å². The molecule has 0 aliphatic carbocycles. The molecule has 2 N–H and O–H groups in total. The summed E-state index contributed by atoms with van der Waals surface area (Å²) in [6.07, 6.45) is 2.02. The fourth-order valence-corrected chi connectivity index (χ4v) is 2.25. The molecule has 98 valence electrons. The SMILES string of the molecule is CSc1ccccc1NCc1cccc(C(=O)O)n1. The van der Waals surface area contributed by atoms with Crippen LogP contribution in [0.1, 0.15) is 16.2 Å². The Morgan fingerprint density at radius 1 is 1.26 bits per heavy atom. The summed E-state index contributed by atoms with van der Waals surface area (Å²) in [4.78, 5) is 16.1. The van der Waals surface area contributed by atoms with E-state index in [1.165, 1.54) is 6.07 Å². The molecule has 0 amide bonds. The number of rotatable bonds is 5. The van der Waals surface area contributed by atoms with Crippen LogP contribution >= 0.6 is 11.8 Å². The average molecular weight is 274 g/mol. The second-order valence-corrected chi connectivity index (χ2v) is 4.72. The van der Waals surface area contributed by atoms with Crippen LogP contribution in [0.4, 0.5) is 5.69 Å². The predicted octanol–water partition coefficient (Wildman–Crippen LogP) is 3.11. The number of hydrogen-bond donors (Lipinski definition) is 2. The van der Waals surface area contributed by atoms with Gasteiger partial charge in [0, 0.05) is 10.6 Å². The van der Waals surface area contributed by atoms with Crippen molar-refractivity contribution in [3.63, 3.8) is 0 Å². The Morgan fingerprint density at radius 2 is 2.05 bits per heavy atom. The molecule has 0 unspecified atom stereocenters. The minimum atomic E-state index is -1.01. The number of nitrogens with zero attached hydrogens (tertiary/aromatic N) is 1. The lowest BCUT2D eigenvalue weighted by atomic mass is 10.2. The van der Waals surface area contributed by atoms with Crippen molar-refractivity contribution in [2.24, 2.45) is 0 Å². The molecular formula is C14H14N2O2S. The first-order valence-corrected chi connectivity index (χ1v) is 6.99. The van der Waals surface area contributed by atoms with Gasteiger partial charge in [0.05, 0.1) is 12.2 Å². The Balaban J connectivity index is 2.10. The summed E-state index contributed by atoms with van der Waals surface area (Å²) in [6.45, 7) is 0.499. The molecule has 1 aromatic carbocycles. The van der Waals surface area contributed by atoms with Crippen molar-refractivity contribution >= 4 is 23.4 Å². The van der Waals surface area contributed by atoms with Gasteiger partial charge in [0.15, 0.2) is 0 Å². The van der Waals surface area contributed by atoms with Gasteiger partial charge in [0.25, 0.3) is 0 Å². The van der Waals surface area contributed by atoms with Crippen molar-refractivity contribution in [1.29, 1.82) is 0 Å². The number of anilines is 1. The lowest BCUT2D eigenvalue weighted by Crippen LogP contribution is -2.06. The molecular weight excluding hydrogens is 260 g/mol. The molecule has 0 aliphatic heterocycles. The highest BCUT2D eigenvalue weighted by atomic mass is 32.2. The fourth-order valence-electron chi connectivity index (χ4n) is 1.67. The first-order chi connectivity index (χ1) is 9.20. The highest BCUT2D eigenvalue weighted by molar-refractivity contribution is 7.98. The summed E-state index contributed by atoms with van der Waals surface area (Å²) in [6, 6.07) is 13.0. The molecule has 1 heterocycles. The number of benzene rings is 1. The van der Waals surface area contributed by atoms with Gasteiger partial charge in [-0.25, -0.2) is 9.78 Å². The monoisotopic (exact) mass is 274 g/mol. The van der Waals surface area contributed by atoms with Gasteiger partial charge >= 0.3 is 5.97 Å². The van der Waals surface area contributed by atoms with E-state index in [9.17, 15) is 4.79 Å². The number of thioether (sulfide) groups is 1. The smallest absolute Gasteiger partial charge is 0.354 e. The maximum Gasteiger partial charge on any atom is 0.354 e. The summed E-state index contributed by atoms with van der Waals surface area (Å²) >= 11 is 1.66. The molecule has 0 saturated carbocycles. The topological polar surface area (TPSA) is 62.2 Å². The second kappa shape index (κ2) is 6.24. The number of para-hydroxylation sites is 1. The van der Waals surface area contributed by atoms with E-state index in [0.29, 0.717) is 12.2 Å². The zero-order valence-corrected chi connectivity index (χ0v) is 11.3. The summed E-state index contributed by atoms with van der Waals surface area (Å²) in [7, 11) is 0. The number of hydrogen-bond acceptors (Lipinski definition) is 4. The Morgan fingerprint density at radius 3 is 2.79 bits per heavy atom. The van der Waals surface area contributed by atoms with E-state index in [1.807, 2.05) is 30.5 Å².